The molecular weight excluding hydrogens is 434 g/mol. The van der Waals surface area contributed by atoms with E-state index in [4.69, 9.17) is 9.47 Å². The highest BCUT2D eigenvalue weighted by Crippen LogP contribution is 2.39. The summed E-state index contributed by atoms with van der Waals surface area (Å²) in [7, 11) is 1.54. The van der Waals surface area contributed by atoms with Crippen LogP contribution in [0.15, 0.2) is 74.7 Å². The van der Waals surface area contributed by atoms with Gasteiger partial charge < -0.3 is 14.6 Å². The number of thioether (sulfide) groups is 2. The summed E-state index contributed by atoms with van der Waals surface area (Å²) < 4.78 is 10.2. The number of carbonyl (C=O) groups excluding carboxylic acids is 2. The fourth-order valence-corrected chi connectivity index (χ4v) is 4.15. The van der Waals surface area contributed by atoms with Crippen LogP contribution in [-0.4, -0.2) is 42.0 Å². The Morgan fingerprint density at radius 2 is 1.81 bits per heavy atom. The first-order valence-electron chi connectivity index (χ1n) is 9.38. The van der Waals surface area contributed by atoms with Crippen LogP contribution in [0, 0.1) is 0 Å². The van der Waals surface area contributed by atoms with Gasteiger partial charge in [0.05, 0.1) is 18.6 Å². The molecule has 1 aliphatic rings. The molecule has 2 aromatic carbocycles. The third kappa shape index (κ3) is 5.39. The zero-order chi connectivity index (χ0) is 22.4. The first-order chi connectivity index (χ1) is 15.0. The van der Waals surface area contributed by atoms with E-state index < -0.39 is 11.9 Å². The molecule has 0 aromatic heterocycles. The van der Waals surface area contributed by atoms with E-state index in [1.54, 1.807) is 49.0 Å². The van der Waals surface area contributed by atoms with Crippen molar-refractivity contribution in [1.82, 2.24) is 0 Å². The topological polar surface area (TPSA) is 85.2 Å². The number of hydrogen-bond acceptors (Lipinski definition) is 7. The molecule has 1 aliphatic heterocycles. The Morgan fingerprint density at radius 1 is 1.13 bits per heavy atom. The number of aliphatic hydroxyl groups is 1. The maximum absolute atomic E-state index is 12.6. The van der Waals surface area contributed by atoms with Crippen LogP contribution in [0.3, 0.4) is 0 Å². The summed E-state index contributed by atoms with van der Waals surface area (Å²) in [4.78, 5) is 30.7. The summed E-state index contributed by atoms with van der Waals surface area (Å²) >= 11 is 2.68. The number of amides is 1. The number of aliphatic hydroxyl groups excluding tert-OH is 1. The van der Waals surface area contributed by atoms with Crippen LogP contribution in [0.4, 0.5) is 0 Å². The van der Waals surface area contributed by atoms with Gasteiger partial charge in [-0.1, -0.05) is 23.9 Å². The maximum atomic E-state index is 12.6. The van der Waals surface area contributed by atoms with Crippen molar-refractivity contribution >= 4 is 46.5 Å². The summed E-state index contributed by atoms with van der Waals surface area (Å²) in [5.41, 5.74) is 1.07. The summed E-state index contributed by atoms with van der Waals surface area (Å²) in [6.07, 6.45) is 3.73. The number of hydrogen-bond donors (Lipinski definition) is 1. The van der Waals surface area contributed by atoms with Gasteiger partial charge in [0, 0.05) is 10.5 Å². The van der Waals surface area contributed by atoms with Crippen molar-refractivity contribution in [3.8, 4) is 5.75 Å². The highest BCUT2D eigenvalue weighted by Gasteiger charge is 2.33. The van der Waals surface area contributed by atoms with Crippen LogP contribution in [0.2, 0.25) is 0 Å². The van der Waals surface area contributed by atoms with Crippen LogP contribution in [0.5, 0.6) is 5.75 Å². The maximum Gasteiger partial charge on any atom is 0.344 e. The zero-order valence-corrected chi connectivity index (χ0v) is 18.9. The van der Waals surface area contributed by atoms with Crippen LogP contribution in [0.25, 0.3) is 6.08 Å². The van der Waals surface area contributed by atoms with Crippen molar-refractivity contribution in [2.45, 2.75) is 11.8 Å². The molecule has 0 saturated carbocycles. The molecule has 0 unspecified atom stereocenters. The number of aliphatic imine (C=N–C) groups is 1. The lowest BCUT2D eigenvalue weighted by molar-refractivity contribution is -0.138. The highest BCUT2D eigenvalue weighted by molar-refractivity contribution is 8.18. The van der Waals surface area contributed by atoms with E-state index in [-0.39, 0.29) is 23.0 Å². The standard InChI is InChI=1S/C23H21NO5S2/c1-4-29-23(27)19-20(25)18(13-14-5-11-17(30-3)12-6-14)31-22(19)24-21(26)15-7-9-16(28-2)10-8-15/h5-13,25H,4H2,1-3H3. The molecule has 8 heteroatoms. The minimum Gasteiger partial charge on any atom is -0.506 e. The summed E-state index contributed by atoms with van der Waals surface area (Å²) in [6.45, 7) is 1.80. The second kappa shape index (κ2) is 10.4. The monoisotopic (exact) mass is 455 g/mol. The van der Waals surface area contributed by atoms with E-state index in [2.05, 4.69) is 4.99 Å². The molecule has 0 atom stereocenters. The van der Waals surface area contributed by atoms with Gasteiger partial charge in [-0.3, -0.25) is 4.79 Å². The number of nitrogens with zero attached hydrogens (tertiary/aromatic N) is 1. The molecule has 0 fully saturated rings. The molecular formula is C23H21NO5S2. The second-order valence-electron chi connectivity index (χ2n) is 6.28. The van der Waals surface area contributed by atoms with Gasteiger partial charge in [0.15, 0.2) is 0 Å². The SMILES string of the molecule is CCOC(=O)C1=C(O)C(=Cc2ccc(SC)cc2)SC1=NC(=O)c1ccc(OC)cc1. The number of benzene rings is 2. The molecule has 0 radical (unpaired) electrons. The predicted octanol–water partition coefficient (Wildman–Crippen LogP) is 5.12. The smallest absolute Gasteiger partial charge is 0.344 e. The van der Waals surface area contributed by atoms with Gasteiger partial charge in [0.2, 0.25) is 0 Å². The largest absolute Gasteiger partial charge is 0.506 e. The van der Waals surface area contributed by atoms with E-state index >= 15 is 0 Å². The molecule has 31 heavy (non-hydrogen) atoms. The van der Waals surface area contributed by atoms with Crippen molar-refractivity contribution in [3.05, 3.63) is 75.9 Å². The number of esters is 1. The average molecular weight is 456 g/mol. The second-order valence-corrected chi connectivity index (χ2v) is 8.19. The lowest BCUT2D eigenvalue weighted by Gasteiger charge is -2.04. The highest BCUT2D eigenvalue weighted by atomic mass is 32.2. The van der Waals surface area contributed by atoms with Crippen molar-refractivity contribution < 1.29 is 24.2 Å². The molecule has 0 saturated heterocycles. The van der Waals surface area contributed by atoms with Gasteiger partial charge in [-0.05, 0) is 61.2 Å². The Balaban J connectivity index is 1.96. The molecule has 1 N–H and O–H groups in total. The van der Waals surface area contributed by atoms with Gasteiger partial charge in [-0.2, -0.15) is 0 Å². The van der Waals surface area contributed by atoms with Crippen LogP contribution >= 0.6 is 23.5 Å². The Morgan fingerprint density at radius 3 is 2.39 bits per heavy atom. The third-order valence-corrected chi connectivity index (χ3v) is 6.09. The van der Waals surface area contributed by atoms with E-state index in [0.717, 1.165) is 22.2 Å². The number of rotatable bonds is 6. The Labute approximate surface area is 189 Å². The third-order valence-electron chi connectivity index (χ3n) is 4.32. The van der Waals surface area contributed by atoms with Crippen molar-refractivity contribution in [1.29, 1.82) is 0 Å². The molecule has 0 aliphatic carbocycles. The lowest BCUT2D eigenvalue weighted by Crippen LogP contribution is -2.14. The molecule has 6 nitrogen and oxygen atoms in total. The van der Waals surface area contributed by atoms with Crippen LogP contribution < -0.4 is 4.74 Å². The minimum atomic E-state index is -0.727. The van der Waals surface area contributed by atoms with Gasteiger partial charge in [-0.25, -0.2) is 9.79 Å². The van der Waals surface area contributed by atoms with E-state index in [0.29, 0.717) is 16.2 Å². The van der Waals surface area contributed by atoms with Crippen LogP contribution in [-0.2, 0) is 9.53 Å². The number of carbonyl (C=O) groups is 2. The minimum absolute atomic E-state index is 0.101. The molecule has 2 aromatic rings. The first-order valence-corrected chi connectivity index (χ1v) is 11.4. The summed E-state index contributed by atoms with van der Waals surface area (Å²) in [5.74, 6) is -0.902. The molecule has 3 rings (SSSR count). The quantitative estimate of drug-likeness (QED) is 0.478. The Kier molecular flexibility index (Phi) is 7.59. The first kappa shape index (κ1) is 22.7. The molecule has 1 amide bonds. The Hall–Kier alpha value is -2.97. The van der Waals surface area contributed by atoms with E-state index in [9.17, 15) is 14.7 Å². The molecule has 0 bridgehead atoms. The fourth-order valence-electron chi connectivity index (χ4n) is 2.73. The van der Waals surface area contributed by atoms with Crippen molar-refractivity contribution in [2.75, 3.05) is 20.0 Å². The zero-order valence-electron chi connectivity index (χ0n) is 17.2. The fraction of sp³-hybridized carbons (Fsp3) is 0.174. The van der Waals surface area contributed by atoms with Gasteiger partial charge in [-0.15, -0.1) is 11.8 Å². The van der Waals surface area contributed by atoms with Gasteiger partial charge in [0.25, 0.3) is 5.91 Å². The molecule has 1 heterocycles. The van der Waals surface area contributed by atoms with Crippen LogP contribution in [0.1, 0.15) is 22.8 Å². The Bertz CT molecular complexity index is 1070. The summed E-state index contributed by atoms with van der Waals surface area (Å²) in [6, 6.07) is 14.2. The molecule has 160 valence electrons. The average Bonchev–Trinajstić information content (AvgIpc) is 3.09. The van der Waals surface area contributed by atoms with E-state index in [1.807, 2.05) is 30.5 Å². The molecule has 0 spiro atoms. The normalized spacial score (nSPS) is 16.1. The van der Waals surface area contributed by atoms with Gasteiger partial charge in [0.1, 0.15) is 22.1 Å². The number of methoxy groups -OCH3 is 1. The van der Waals surface area contributed by atoms with Gasteiger partial charge >= 0.3 is 5.97 Å². The number of ether oxygens (including phenoxy) is 2. The summed E-state index contributed by atoms with van der Waals surface area (Å²) in [5, 5.41) is 10.8. The van der Waals surface area contributed by atoms with E-state index in [1.165, 1.54) is 7.11 Å². The van der Waals surface area contributed by atoms with Crippen molar-refractivity contribution in [2.24, 2.45) is 4.99 Å². The van der Waals surface area contributed by atoms with Crippen molar-refractivity contribution in [3.63, 3.8) is 0 Å². The lowest BCUT2D eigenvalue weighted by atomic mass is 10.1. The predicted molar refractivity (Wildman–Crippen MR) is 125 cm³/mol.